The second-order valence-corrected chi connectivity index (χ2v) is 6.25. The number of nitrogens with two attached hydrogens (primary N) is 1. The van der Waals surface area contributed by atoms with Gasteiger partial charge < -0.3 is 0 Å². The van der Waals surface area contributed by atoms with E-state index < -0.39 is 16.3 Å². The van der Waals surface area contributed by atoms with E-state index in [1.54, 1.807) is 24.3 Å². The van der Waals surface area contributed by atoms with Crippen molar-refractivity contribution >= 4 is 33.1 Å². The van der Waals surface area contributed by atoms with E-state index in [1.807, 2.05) is 16.8 Å². The molecule has 0 saturated carbocycles. The van der Waals surface area contributed by atoms with Crippen LogP contribution in [0.4, 0.5) is 0 Å². The first kappa shape index (κ1) is 13.5. The quantitative estimate of drug-likeness (QED) is 0.909. The maximum Gasteiger partial charge on any atom is 0.275 e. The summed E-state index contributed by atoms with van der Waals surface area (Å²) < 4.78 is 24.9. The van der Waals surface area contributed by atoms with Gasteiger partial charge in [-0.25, -0.2) is 5.14 Å². The van der Waals surface area contributed by atoms with E-state index in [9.17, 15) is 8.42 Å². The van der Waals surface area contributed by atoms with Gasteiger partial charge in [0, 0.05) is 5.02 Å². The normalized spacial score (nSPS) is 13.4. The fourth-order valence-electron chi connectivity index (χ4n) is 1.59. The zero-order chi connectivity index (χ0) is 13.2. The summed E-state index contributed by atoms with van der Waals surface area (Å²) >= 11 is 7.30. The fraction of sp³-hybridized carbons (Fsp3) is 0.0909. The van der Waals surface area contributed by atoms with Crippen molar-refractivity contribution in [3.8, 4) is 0 Å². The number of benzene rings is 1. The zero-order valence-corrected chi connectivity index (χ0v) is 11.6. The van der Waals surface area contributed by atoms with E-state index in [-0.39, 0.29) is 0 Å². The highest BCUT2D eigenvalue weighted by Gasteiger charge is 2.18. The summed E-state index contributed by atoms with van der Waals surface area (Å²) in [6.45, 7) is 0. The van der Waals surface area contributed by atoms with Crippen molar-refractivity contribution in [1.29, 1.82) is 0 Å². The molecule has 0 saturated heterocycles. The standard InChI is InChI=1S/C11H11ClN2O2S2/c12-10-3-1-8(2-4-10)11(14-18(13,15)16)9-5-6-17-7-9/h1-7,11,14H,(H2,13,15,16)/t11-/m1/s1. The first-order valence-electron chi connectivity index (χ1n) is 5.03. The maximum absolute atomic E-state index is 11.2. The number of hydrogen-bond acceptors (Lipinski definition) is 3. The molecule has 96 valence electrons. The number of rotatable bonds is 4. The third-order valence-electron chi connectivity index (χ3n) is 2.36. The third-order valence-corrected chi connectivity index (χ3v) is 3.88. The Hall–Kier alpha value is -0.920. The Kier molecular flexibility index (Phi) is 4.04. The topological polar surface area (TPSA) is 72.2 Å². The molecule has 1 aromatic heterocycles. The van der Waals surface area contributed by atoms with Crippen LogP contribution in [0.1, 0.15) is 17.2 Å². The molecule has 0 radical (unpaired) electrons. The molecule has 0 bridgehead atoms. The maximum atomic E-state index is 11.2. The first-order chi connectivity index (χ1) is 8.46. The van der Waals surface area contributed by atoms with Gasteiger partial charge in [0.15, 0.2) is 0 Å². The Morgan fingerprint density at radius 2 is 1.83 bits per heavy atom. The van der Waals surface area contributed by atoms with Gasteiger partial charge in [-0.15, -0.1) is 0 Å². The lowest BCUT2D eigenvalue weighted by atomic mass is 10.0. The lowest BCUT2D eigenvalue weighted by molar-refractivity contribution is 0.574. The minimum atomic E-state index is -3.79. The number of hydrogen-bond donors (Lipinski definition) is 2. The van der Waals surface area contributed by atoms with E-state index in [0.717, 1.165) is 11.1 Å². The molecule has 0 aliphatic heterocycles. The van der Waals surface area contributed by atoms with Crippen molar-refractivity contribution in [2.24, 2.45) is 5.14 Å². The zero-order valence-electron chi connectivity index (χ0n) is 9.21. The molecule has 7 heteroatoms. The van der Waals surface area contributed by atoms with Crippen molar-refractivity contribution in [2.75, 3.05) is 0 Å². The predicted molar refractivity (Wildman–Crippen MR) is 73.9 cm³/mol. The van der Waals surface area contributed by atoms with E-state index in [0.29, 0.717) is 5.02 Å². The SMILES string of the molecule is NS(=O)(=O)N[C@H](c1ccc(Cl)cc1)c1ccsc1. The van der Waals surface area contributed by atoms with Crippen LogP contribution in [0.25, 0.3) is 0 Å². The number of halogens is 1. The van der Waals surface area contributed by atoms with Crippen LogP contribution in [0, 0.1) is 0 Å². The van der Waals surface area contributed by atoms with Crippen LogP contribution >= 0.6 is 22.9 Å². The molecule has 2 aromatic rings. The van der Waals surface area contributed by atoms with Gasteiger partial charge >= 0.3 is 0 Å². The van der Waals surface area contributed by atoms with Gasteiger partial charge in [0.1, 0.15) is 0 Å². The summed E-state index contributed by atoms with van der Waals surface area (Å²) in [5, 5.41) is 9.39. The van der Waals surface area contributed by atoms with Crippen LogP contribution in [0.15, 0.2) is 41.1 Å². The van der Waals surface area contributed by atoms with Crippen LogP contribution < -0.4 is 9.86 Å². The van der Waals surface area contributed by atoms with Gasteiger partial charge in [-0.05, 0) is 40.1 Å². The van der Waals surface area contributed by atoms with Gasteiger partial charge in [0.2, 0.25) is 0 Å². The van der Waals surface area contributed by atoms with Crippen LogP contribution in [-0.4, -0.2) is 8.42 Å². The molecule has 0 spiro atoms. The lowest BCUT2D eigenvalue weighted by Crippen LogP contribution is -2.34. The van der Waals surface area contributed by atoms with Gasteiger partial charge in [0.25, 0.3) is 10.2 Å². The van der Waals surface area contributed by atoms with Crippen molar-refractivity contribution < 1.29 is 8.42 Å². The largest absolute Gasteiger partial charge is 0.275 e. The highest BCUT2D eigenvalue weighted by Crippen LogP contribution is 2.25. The van der Waals surface area contributed by atoms with E-state index in [4.69, 9.17) is 16.7 Å². The molecule has 0 unspecified atom stereocenters. The Balaban J connectivity index is 2.39. The molecule has 1 heterocycles. The van der Waals surface area contributed by atoms with Crippen molar-refractivity contribution in [3.05, 3.63) is 57.2 Å². The van der Waals surface area contributed by atoms with Crippen molar-refractivity contribution in [1.82, 2.24) is 4.72 Å². The summed E-state index contributed by atoms with van der Waals surface area (Å²) in [6, 6.07) is 8.30. The predicted octanol–water partition coefficient (Wildman–Crippen LogP) is 2.28. The van der Waals surface area contributed by atoms with Crippen molar-refractivity contribution in [3.63, 3.8) is 0 Å². The van der Waals surface area contributed by atoms with Gasteiger partial charge in [-0.1, -0.05) is 23.7 Å². The molecule has 0 aliphatic carbocycles. The molecule has 3 N–H and O–H groups in total. The van der Waals surface area contributed by atoms with E-state index in [1.165, 1.54) is 11.3 Å². The second-order valence-electron chi connectivity index (χ2n) is 3.70. The molecule has 18 heavy (non-hydrogen) atoms. The van der Waals surface area contributed by atoms with Crippen LogP contribution in [0.2, 0.25) is 5.02 Å². The van der Waals surface area contributed by atoms with E-state index in [2.05, 4.69) is 4.72 Å². The van der Waals surface area contributed by atoms with Gasteiger partial charge in [-0.3, -0.25) is 0 Å². The molecule has 1 aromatic carbocycles. The molecule has 4 nitrogen and oxygen atoms in total. The molecule has 0 amide bonds. The Labute approximate surface area is 115 Å². The molecular formula is C11H11ClN2O2S2. The Morgan fingerprint density at radius 1 is 1.17 bits per heavy atom. The second kappa shape index (κ2) is 5.38. The Morgan fingerprint density at radius 3 is 2.33 bits per heavy atom. The molecule has 2 rings (SSSR count). The Bertz CT molecular complexity index is 609. The highest BCUT2D eigenvalue weighted by molar-refractivity contribution is 7.87. The summed E-state index contributed by atoms with van der Waals surface area (Å²) in [7, 11) is -3.79. The highest BCUT2D eigenvalue weighted by atomic mass is 35.5. The smallest absolute Gasteiger partial charge is 0.216 e. The summed E-state index contributed by atoms with van der Waals surface area (Å²) in [6.07, 6.45) is 0. The lowest BCUT2D eigenvalue weighted by Gasteiger charge is -2.16. The fourth-order valence-corrected chi connectivity index (χ4v) is 3.00. The van der Waals surface area contributed by atoms with Crippen LogP contribution in [0.3, 0.4) is 0 Å². The molecule has 1 atom stereocenters. The summed E-state index contributed by atoms with van der Waals surface area (Å²) in [5.74, 6) is 0. The summed E-state index contributed by atoms with van der Waals surface area (Å²) in [4.78, 5) is 0. The first-order valence-corrected chi connectivity index (χ1v) is 7.90. The van der Waals surface area contributed by atoms with Gasteiger partial charge in [-0.2, -0.15) is 24.5 Å². The third kappa shape index (κ3) is 3.54. The minimum Gasteiger partial charge on any atom is -0.216 e. The number of nitrogens with one attached hydrogen (secondary N) is 1. The van der Waals surface area contributed by atoms with Crippen LogP contribution in [-0.2, 0) is 10.2 Å². The van der Waals surface area contributed by atoms with Crippen molar-refractivity contribution in [2.45, 2.75) is 6.04 Å². The van der Waals surface area contributed by atoms with Crippen LogP contribution in [0.5, 0.6) is 0 Å². The summed E-state index contributed by atoms with van der Waals surface area (Å²) in [5.41, 5.74) is 1.63. The minimum absolute atomic E-state index is 0.497. The molecule has 0 aliphatic rings. The number of thiophene rings is 1. The molecule has 0 fully saturated rings. The monoisotopic (exact) mass is 302 g/mol. The average Bonchev–Trinajstić information content (AvgIpc) is 2.79. The molecular weight excluding hydrogens is 292 g/mol. The average molecular weight is 303 g/mol. The van der Waals surface area contributed by atoms with Gasteiger partial charge in [0.05, 0.1) is 6.04 Å². The van der Waals surface area contributed by atoms with E-state index >= 15 is 0 Å².